The van der Waals surface area contributed by atoms with Crippen LogP contribution >= 0.6 is 22.9 Å². The molecule has 3 aromatic rings. The summed E-state index contributed by atoms with van der Waals surface area (Å²) in [6.07, 6.45) is 1.71. The van der Waals surface area contributed by atoms with Gasteiger partial charge >= 0.3 is 0 Å². The molecule has 0 bridgehead atoms. The van der Waals surface area contributed by atoms with Crippen molar-refractivity contribution in [1.82, 2.24) is 15.3 Å². The summed E-state index contributed by atoms with van der Waals surface area (Å²) in [4.78, 5) is 21.6. The van der Waals surface area contributed by atoms with E-state index in [1.807, 2.05) is 49.4 Å². The molecular weight excluding hydrogens is 330 g/mol. The highest BCUT2D eigenvalue weighted by Gasteiger charge is 2.16. The predicted molar refractivity (Wildman–Crippen MR) is 92.7 cm³/mol. The lowest BCUT2D eigenvalue weighted by molar-refractivity contribution is 0.0953. The summed E-state index contributed by atoms with van der Waals surface area (Å²) in [6.45, 7) is 2.23. The first-order valence-electron chi connectivity index (χ1n) is 7.05. The van der Waals surface area contributed by atoms with E-state index < -0.39 is 0 Å². The quantitative estimate of drug-likeness (QED) is 0.776. The third kappa shape index (κ3) is 3.75. The van der Waals surface area contributed by atoms with Gasteiger partial charge < -0.3 is 5.32 Å². The van der Waals surface area contributed by atoms with Gasteiger partial charge in [-0.3, -0.25) is 9.78 Å². The molecule has 3 rings (SSSR count). The molecule has 116 valence electrons. The van der Waals surface area contributed by atoms with Gasteiger partial charge in [0.05, 0.1) is 17.9 Å². The molecule has 0 spiro atoms. The molecule has 0 aliphatic heterocycles. The lowest BCUT2D eigenvalue weighted by atomic mass is 10.2. The van der Waals surface area contributed by atoms with E-state index in [2.05, 4.69) is 15.3 Å². The second-order valence-corrected chi connectivity index (χ2v) is 6.38. The van der Waals surface area contributed by atoms with Crippen molar-refractivity contribution < 1.29 is 4.79 Å². The highest BCUT2D eigenvalue weighted by Crippen LogP contribution is 2.29. The number of rotatable bonds is 4. The molecule has 0 fully saturated rings. The number of benzene rings is 1. The Labute approximate surface area is 143 Å². The summed E-state index contributed by atoms with van der Waals surface area (Å²) in [5.41, 5.74) is 2.44. The smallest absolute Gasteiger partial charge is 0.263 e. The van der Waals surface area contributed by atoms with E-state index in [9.17, 15) is 4.79 Å². The summed E-state index contributed by atoms with van der Waals surface area (Å²) in [6, 6.07) is 13.1. The highest BCUT2D eigenvalue weighted by atomic mass is 35.5. The lowest BCUT2D eigenvalue weighted by Crippen LogP contribution is -2.23. The van der Waals surface area contributed by atoms with Crippen LogP contribution in [0.1, 0.15) is 21.1 Å². The third-order valence-corrected chi connectivity index (χ3v) is 4.67. The maximum absolute atomic E-state index is 12.4. The van der Waals surface area contributed by atoms with Crippen LogP contribution in [0, 0.1) is 6.92 Å². The van der Waals surface area contributed by atoms with Crippen molar-refractivity contribution in [3.05, 3.63) is 69.9 Å². The van der Waals surface area contributed by atoms with Crippen molar-refractivity contribution in [2.24, 2.45) is 0 Å². The predicted octanol–water partition coefficient (Wildman–Crippen LogP) is 4.10. The SMILES string of the molecule is Cc1nc(-c2cccc(Cl)c2)sc1C(=O)NCc1ccccn1. The van der Waals surface area contributed by atoms with Crippen LogP contribution in [0.4, 0.5) is 0 Å². The van der Waals surface area contributed by atoms with E-state index in [4.69, 9.17) is 11.6 Å². The molecule has 0 atom stereocenters. The Bertz CT molecular complexity index is 833. The summed E-state index contributed by atoms with van der Waals surface area (Å²) >= 11 is 7.37. The number of carbonyl (C=O) groups excluding carboxylic acids is 1. The second-order valence-electron chi connectivity index (χ2n) is 4.95. The fourth-order valence-corrected chi connectivity index (χ4v) is 3.28. The number of nitrogens with one attached hydrogen (secondary N) is 1. The molecule has 2 heterocycles. The van der Waals surface area contributed by atoms with E-state index in [-0.39, 0.29) is 5.91 Å². The van der Waals surface area contributed by atoms with E-state index in [1.54, 1.807) is 6.20 Å². The molecule has 23 heavy (non-hydrogen) atoms. The van der Waals surface area contributed by atoms with E-state index in [0.717, 1.165) is 16.3 Å². The average Bonchev–Trinajstić information content (AvgIpc) is 2.96. The van der Waals surface area contributed by atoms with E-state index in [0.29, 0.717) is 22.1 Å². The Balaban J connectivity index is 1.76. The van der Waals surface area contributed by atoms with Crippen LogP contribution in [-0.2, 0) is 6.54 Å². The number of aromatic nitrogens is 2. The van der Waals surface area contributed by atoms with Crippen LogP contribution in [0.3, 0.4) is 0 Å². The molecule has 1 amide bonds. The van der Waals surface area contributed by atoms with Crippen LogP contribution < -0.4 is 5.32 Å². The molecule has 0 radical (unpaired) electrons. The number of hydrogen-bond donors (Lipinski definition) is 1. The van der Waals surface area contributed by atoms with Gasteiger partial charge in [0.2, 0.25) is 0 Å². The average molecular weight is 344 g/mol. The molecule has 0 unspecified atom stereocenters. The molecule has 1 aromatic carbocycles. The Kier molecular flexibility index (Phi) is 4.69. The molecule has 6 heteroatoms. The van der Waals surface area contributed by atoms with Gasteiger partial charge in [-0.2, -0.15) is 0 Å². The summed E-state index contributed by atoms with van der Waals surface area (Å²) in [5.74, 6) is -0.140. The third-order valence-electron chi connectivity index (χ3n) is 3.23. The Morgan fingerprint density at radius 3 is 2.87 bits per heavy atom. The zero-order valence-electron chi connectivity index (χ0n) is 12.4. The van der Waals surface area contributed by atoms with Crippen LogP contribution in [0.2, 0.25) is 5.02 Å². The minimum Gasteiger partial charge on any atom is -0.346 e. The first-order valence-corrected chi connectivity index (χ1v) is 8.24. The van der Waals surface area contributed by atoms with Gasteiger partial charge in [-0.05, 0) is 31.2 Å². The fourth-order valence-electron chi connectivity index (χ4n) is 2.11. The summed E-state index contributed by atoms with van der Waals surface area (Å²) < 4.78 is 0. The van der Waals surface area contributed by atoms with Gasteiger partial charge in [-0.1, -0.05) is 29.8 Å². The minimum absolute atomic E-state index is 0.140. The van der Waals surface area contributed by atoms with Crippen LogP contribution in [0.15, 0.2) is 48.7 Å². The monoisotopic (exact) mass is 343 g/mol. The van der Waals surface area contributed by atoms with Gasteiger partial charge in [-0.15, -0.1) is 11.3 Å². The molecule has 2 aromatic heterocycles. The normalized spacial score (nSPS) is 10.5. The minimum atomic E-state index is -0.140. The number of aryl methyl sites for hydroxylation is 1. The Hall–Kier alpha value is -2.24. The maximum Gasteiger partial charge on any atom is 0.263 e. The van der Waals surface area contributed by atoms with Crippen LogP contribution in [0.5, 0.6) is 0 Å². The topological polar surface area (TPSA) is 54.9 Å². The molecular formula is C17H14ClN3OS. The van der Waals surface area contributed by atoms with Crippen molar-refractivity contribution in [3.8, 4) is 10.6 Å². The second kappa shape index (κ2) is 6.89. The van der Waals surface area contributed by atoms with Gasteiger partial charge in [0.25, 0.3) is 5.91 Å². The van der Waals surface area contributed by atoms with Gasteiger partial charge in [0.15, 0.2) is 0 Å². The van der Waals surface area contributed by atoms with Gasteiger partial charge in [0, 0.05) is 16.8 Å². The largest absolute Gasteiger partial charge is 0.346 e. The van der Waals surface area contributed by atoms with Crippen molar-refractivity contribution in [2.45, 2.75) is 13.5 Å². The van der Waals surface area contributed by atoms with Gasteiger partial charge in [-0.25, -0.2) is 4.98 Å². The highest BCUT2D eigenvalue weighted by molar-refractivity contribution is 7.17. The van der Waals surface area contributed by atoms with Crippen LogP contribution in [-0.4, -0.2) is 15.9 Å². The van der Waals surface area contributed by atoms with Crippen molar-refractivity contribution in [1.29, 1.82) is 0 Å². The number of amides is 1. The first kappa shape index (κ1) is 15.6. The molecule has 0 aliphatic carbocycles. The van der Waals surface area contributed by atoms with Crippen molar-refractivity contribution in [2.75, 3.05) is 0 Å². The summed E-state index contributed by atoms with van der Waals surface area (Å²) in [7, 11) is 0. The number of hydrogen-bond acceptors (Lipinski definition) is 4. The lowest BCUT2D eigenvalue weighted by Gasteiger charge is -2.03. The molecule has 0 aliphatic rings. The number of nitrogens with zero attached hydrogens (tertiary/aromatic N) is 2. The van der Waals surface area contributed by atoms with E-state index >= 15 is 0 Å². The summed E-state index contributed by atoms with van der Waals surface area (Å²) in [5, 5.41) is 4.31. The van der Waals surface area contributed by atoms with Gasteiger partial charge in [0.1, 0.15) is 9.88 Å². The zero-order chi connectivity index (χ0) is 16.2. The zero-order valence-corrected chi connectivity index (χ0v) is 14.0. The van der Waals surface area contributed by atoms with Crippen molar-refractivity contribution >= 4 is 28.8 Å². The standard InChI is InChI=1S/C17H14ClN3OS/c1-11-15(16(22)20-10-14-7-2-3-8-19-14)23-17(21-11)12-5-4-6-13(18)9-12/h2-9H,10H2,1H3,(H,20,22). The number of thiazole rings is 1. The van der Waals surface area contributed by atoms with E-state index in [1.165, 1.54) is 11.3 Å². The van der Waals surface area contributed by atoms with Crippen LogP contribution in [0.25, 0.3) is 10.6 Å². The van der Waals surface area contributed by atoms with Crippen molar-refractivity contribution in [3.63, 3.8) is 0 Å². The Morgan fingerprint density at radius 2 is 2.13 bits per heavy atom. The molecule has 4 nitrogen and oxygen atoms in total. The Morgan fingerprint density at radius 1 is 1.26 bits per heavy atom. The number of halogens is 1. The molecule has 1 N–H and O–H groups in total. The first-order chi connectivity index (χ1) is 11.1. The molecule has 0 saturated carbocycles. The number of pyridine rings is 1. The number of carbonyl (C=O) groups is 1. The maximum atomic E-state index is 12.4. The molecule has 0 saturated heterocycles. The fraction of sp³-hybridized carbons (Fsp3) is 0.118.